The Morgan fingerprint density at radius 3 is 2.39 bits per heavy atom. The normalized spacial score (nSPS) is 11.7. The van der Waals surface area contributed by atoms with Gasteiger partial charge in [-0.1, -0.05) is 18.2 Å². The van der Waals surface area contributed by atoms with Gasteiger partial charge in [0.05, 0.1) is 5.56 Å². The average molecular weight is 328 g/mol. The van der Waals surface area contributed by atoms with Crippen molar-refractivity contribution >= 4 is 11.9 Å². The van der Waals surface area contributed by atoms with E-state index in [1.165, 1.54) is 18.2 Å². The maximum absolute atomic E-state index is 13.5. The Hall–Kier alpha value is -2.70. The molecule has 0 atom stereocenters. The van der Waals surface area contributed by atoms with Gasteiger partial charge in [-0.2, -0.15) is 0 Å². The zero-order valence-corrected chi connectivity index (χ0v) is 11.4. The largest absolute Gasteiger partial charge is 0.573 e. The third-order valence-corrected chi connectivity index (χ3v) is 2.76. The van der Waals surface area contributed by atoms with E-state index < -0.39 is 35.1 Å². The van der Waals surface area contributed by atoms with Crippen LogP contribution in [0.3, 0.4) is 0 Å². The van der Waals surface area contributed by atoms with Crippen molar-refractivity contribution in [3.63, 3.8) is 0 Å². The van der Waals surface area contributed by atoms with Gasteiger partial charge in [0.1, 0.15) is 17.4 Å². The molecule has 0 N–H and O–H groups in total. The molecule has 0 aliphatic heterocycles. The zero-order chi connectivity index (χ0) is 17.0. The van der Waals surface area contributed by atoms with Crippen LogP contribution in [0.5, 0.6) is 5.75 Å². The number of alkyl halides is 3. The minimum atomic E-state index is -4.88. The third-order valence-electron chi connectivity index (χ3n) is 2.76. The lowest BCUT2D eigenvalue weighted by Crippen LogP contribution is -2.17. The second-order valence-corrected chi connectivity index (χ2v) is 4.41. The summed E-state index contributed by atoms with van der Waals surface area (Å²) in [6.45, 7) is 0. The molecule has 0 aromatic heterocycles. The number of carbonyl (C=O) groups is 1. The van der Waals surface area contributed by atoms with E-state index in [0.29, 0.717) is 6.07 Å². The van der Waals surface area contributed by atoms with E-state index in [2.05, 4.69) is 4.74 Å². The van der Waals surface area contributed by atoms with Crippen LogP contribution in [0.2, 0.25) is 0 Å². The minimum Gasteiger partial charge on any atom is -0.405 e. The molecule has 0 fully saturated rings. The number of halogens is 5. The van der Waals surface area contributed by atoms with Crippen LogP contribution >= 0.6 is 0 Å². The van der Waals surface area contributed by atoms with Gasteiger partial charge in [-0.05, 0) is 30.4 Å². The van der Waals surface area contributed by atoms with E-state index in [1.54, 1.807) is 0 Å². The minimum absolute atomic E-state index is 0.0132. The van der Waals surface area contributed by atoms with E-state index in [1.807, 2.05) is 0 Å². The molecule has 0 saturated heterocycles. The van der Waals surface area contributed by atoms with Gasteiger partial charge < -0.3 is 4.74 Å². The van der Waals surface area contributed by atoms with Crippen LogP contribution in [0.25, 0.3) is 6.08 Å². The van der Waals surface area contributed by atoms with Crippen molar-refractivity contribution in [2.75, 3.05) is 0 Å². The van der Waals surface area contributed by atoms with E-state index in [9.17, 15) is 26.7 Å². The van der Waals surface area contributed by atoms with Crippen molar-refractivity contribution in [1.82, 2.24) is 0 Å². The summed E-state index contributed by atoms with van der Waals surface area (Å²) in [5.74, 6) is -3.21. The highest BCUT2D eigenvalue weighted by molar-refractivity contribution is 6.07. The van der Waals surface area contributed by atoms with Crippen LogP contribution in [-0.2, 0) is 0 Å². The second-order valence-electron chi connectivity index (χ2n) is 4.41. The molecule has 2 nitrogen and oxygen atoms in total. The Bertz CT molecular complexity index is 750. The molecule has 2 aromatic carbocycles. The molecule has 7 heteroatoms. The lowest BCUT2D eigenvalue weighted by Gasteiger charge is -2.10. The monoisotopic (exact) mass is 328 g/mol. The van der Waals surface area contributed by atoms with Crippen molar-refractivity contribution in [3.05, 3.63) is 71.3 Å². The molecule has 0 saturated carbocycles. The maximum atomic E-state index is 13.5. The quantitative estimate of drug-likeness (QED) is 0.459. The van der Waals surface area contributed by atoms with Gasteiger partial charge in [0.2, 0.25) is 0 Å². The van der Waals surface area contributed by atoms with Crippen molar-refractivity contribution in [3.8, 4) is 5.75 Å². The van der Waals surface area contributed by atoms with Gasteiger partial charge in [0.15, 0.2) is 5.78 Å². The average Bonchev–Trinajstić information content (AvgIpc) is 2.44. The molecule has 2 aromatic rings. The van der Waals surface area contributed by atoms with Crippen LogP contribution in [0, 0.1) is 11.6 Å². The molecule has 120 valence electrons. The summed E-state index contributed by atoms with van der Waals surface area (Å²) in [5, 5.41) is 0. The van der Waals surface area contributed by atoms with Crippen LogP contribution < -0.4 is 4.74 Å². The number of carbonyl (C=O) groups excluding carboxylic acids is 1. The number of allylic oxidation sites excluding steroid dienone is 1. The molecule has 0 aliphatic carbocycles. The van der Waals surface area contributed by atoms with Gasteiger partial charge in [-0.3, -0.25) is 4.79 Å². The molecule has 0 radical (unpaired) electrons. The maximum Gasteiger partial charge on any atom is 0.573 e. The van der Waals surface area contributed by atoms with E-state index >= 15 is 0 Å². The SMILES string of the molecule is O=C(/C=C/c1ccccc1OC(F)(F)F)c1ccc(F)cc1F. The highest BCUT2D eigenvalue weighted by Crippen LogP contribution is 2.27. The van der Waals surface area contributed by atoms with E-state index in [-0.39, 0.29) is 5.56 Å². The van der Waals surface area contributed by atoms with Crippen molar-refractivity contribution < 1.29 is 31.5 Å². The lowest BCUT2D eigenvalue weighted by atomic mass is 10.1. The van der Waals surface area contributed by atoms with Crippen LogP contribution in [0.1, 0.15) is 15.9 Å². The number of hydrogen-bond donors (Lipinski definition) is 0. The Balaban J connectivity index is 2.25. The summed E-state index contributed by atoms with van der Waals surface area (Å²) in [4.78, 5) is 11.8. The molecular formula is C16H9F5O2. The number of ketones is 1. The van der Waals surface area contributed by atoms with Gasteiger partial charge in [0, 0.05) is 11.6 Å². The third kappa shape index (κ3) is 4.64. The molecule has 0 bridgehead atoms. The highest BCUT2D eigenvalue weighted by Gasteiger charge is 2.31. The number of benzene rings is 2. The fourth-order valence-corrected chi connectivity index (χ4v) is 1.78. The zero-order valence-electron chi connectivity index (χ0n) is 11.4. The van der Waals surface area contributed by atoms with E-state index in [4.69, 9.17) is 0 Å². The Kier molecular flexibility index (Phi) is 4.78. The fourth-order valence-electron chi connectivity index (χ4n) is 1.78. The number of para-hydroxylation sites is 1. The second kappa shape index (κ2) is 6.60. The highest BCUT2D eigenvalue weighted by atomic mass is 19.4. The molecule has 2 rings (SSSR count). The van der Waals surface area contributed by atoms with Gasteiger partial charge >= 0.3 is 6.36 Å². The first kappa shape index (κ1) is 16.7. The summed E-state index contributed by atoms with van der Waals surface area (Å²) in [7, 11) is 0. The molecule has 23 heavy (non-hydrogen) atoms. The fraction of sp³-hybridized carbons (Fsp3) is 0.0625. The topological polar surface area (TPSA) is 26.3 Å². The smallest absolute Gasteiger partial charge is 0.405 e. The predicted molar refractivity (Wildman–Crippen MR) is 72.8 cm³/mol. The molecule has 0 amide bonds. The van der Waals surface area contributed by atoms with Crippen molar-refractivity contribution in [1.29, 1.82) is 0 Å². The summed E-state index contributed by atoms with van der Waals surface area (Å²) < 4.78 is 66.9. The summed E-state index contributed by atoms with van der Waals surface area (Å²) in [6.07, 6.45) is -2.93. The van der Waals surface area contributed by atoms with Crippen LogP contribution in [0.4, 0.5) is 22.0 Å². The molecule has 0 heterocycles. The summed E-state index contributed by atoms with van der Waals surface area (Å²) >= 11 is 0. The first-order chi connectivity index (χ1) is 10.8. The summed E-state index contributed by atoms with van der Waals surface area (Å²) in [6, 6.07) is 7.57. The van der Waals surface area contributed by atoms with Crippen LogP contribution in [-0.4, -0.2) is 12.1 Å². The number of rotatable bonds is 4. The number of hydrogen-bond acceptors (Lipinski definition) is 2. The van der Waals surface area contributed by atoms with Crippen molar-refractivity contribution in [2.45, 2.75) is 6.36 Å². The summed E-state index contributed by atoms with van der Waals surface area (Å²) in [5.41, 5.74) is -0.405. The molecular weight excluding hydrogens is 319 g/mol. The molecule has 0 unspecified atom stereocenters. The van der Waals surface area contributed by atoms with Gasteiger partial charge in [0.25, 0.3) is 0 Å². The first-order valence-corrected chi connectivity index (χ1v) is 6.28. The standard InChI is InChI=1S/C16H9F5O2/c17-11-6-7-12(13(18)9-11)14(22)8-5-10-3-1-2-4-15(10)23-16(19,20)21/h1-9H/b8-5+. The Labute approximate surface area is 127 Å². The Morgan fingerprint density at radius 2 is 1.74 bits per heavy atom. The van der Waals surface area contributed by atoms with Gasteiger partial charge in [-0.25, -0.2) is 8.78 Å². The van der Waals surface area contributed by atoms with E-state index in [0.717, 1.165) is 30.4 Å². The molecule has 0 spiro atoms. The lowest BCUT2D eigenvalue weighted by molar-refractivity contribution is -0.274. The molecule has 0 aliphatic rings. The van der Waals surface area contributed by atoms with Crippen LogP contribution in [0.15, 0.2) is 48.5 Å². The predicted octanol–water partition coefficient (Wildman–Crippen LogP) is 4.76. The van der Waals surface area contributed by atoms with Crippen molar-refractivity contribution in [2.24, 2.45) is 0 Å². The van der Waals surface area contributed by atoms with Gasteiger partial charge in [-0.15, -0.1) is 13.2 Å². The first-order valence-electron chi connectivity index (χ1n) is 6.28. The number of ether oxygens (including phenoxy) is 1. The Morgan fingerprint density at radius 1 is 1.04 bits per heavy atom.